The molecule has 0 aromatic carbocycles. The minimum absolute atomic E-state index is 0.0708. The first-order valence-corrected chi connectivity index (χ1v) is 7.90. The van der Waals surface area contributed by atoms with Gasteiger partial charge in [-0.05, 0) is 31.6 Å². The van der Waals surface area contributed by atoms with E-state index in [2.05, 4.69) is 5.32 Å². The average molecular weight is 280 g/mol. The summed E-state index contributed by atoms with van der Waals surface area (Å²) >= 11 is 0. The van der Waals surface area contributed by atoms with E-state index in [9.17, 15) is 14.7 Å². The molecule has 3 fully saturated rings. The van der Waals surface area contributed by atoms with E-state index in [0.717, 1.165) is 25.7 Å². The van der Waals surface area contributed by atoms with E-state index in [1.54, 1.807) is 0 Å². The van der Waals surface area contributed by atoms with Crippen LogP contribution >= 0.6 is 0 Å². The van der Waals surface area contributed by atoms with Crippen LogP contribution in [0.4, 0.5) is 0 Å². The number of nitrogens with zero attached hydrogens (tertiary/aromatic N) is 1. The Balaban J connectivity index is 1.47. The summed E-state index contributed by atoms with van der Waals surface area (Å²) in [7, 11) is 0. The van der Waals surface area contributed by atoms with Gasteiger partial charge in [0.25, 0.3) is 0 Å². The molecule has 2 amide bonds. The van der Waals surface area contributed by atoms with Crippen molar-refractivity contribution in [2.24, 2.45) is 11.8 Å². The van der Waals surface area contributed by atoms with Gasteiger partial charge in [-0.15, -0.1) is 0 Å². The zero-order chi connectivity index (χ0) is 14.1. The number of likely N-dealkylation sites (tertiary alicyclic amines) is 1. The molecule has 0 radical (unpaired) electrons. The summed E-state index contributed by atoms with van der Waals surface area (Å²) in [6, 6.07) is 0.359. The van der Waals surface area contributed by atoms with Gasteiger partial charge in [0.05, 0.1) is 12.0 Å². The number of carbonyl (C=O) groups excluding carboxylic acids is 2. The van der Waals surface area contributed by atoms with Crippen molar-refractivity contribution in [3.63, 3.8) is 0 Å². The van der Waals surface area contributed by atoms with Gasteiger partial charge in [0, 0.05) is 25.6 Å². The van der Waals surface area contributed by atoms with E-state index in [1.807, 2.05) is 4.90 Å². The standard InChI is InChI=1S/C15H24N2O3/c18-13(10-5-6-10)8-16-15(20)11-7-14(19)17(9-11)12-3-1-2-4-12/h10-13,18H,1-9H2,(H,16,20). The van der Waals surface area contributed by atoms with Crippen LogP contribution in [0.15, 0.2) is 0 Å². The van der Waals surface area contributed by atoms with Crippen LogP contribution in [-0.2, 0) is 9.59 Å². The maximum atomic E-state index is 12.1. The predicted octanol–water partition coefficient (Wildman–Crippen LogP) is 0.665. The third kappa shape index (κ3) is 2.97. The van der Waals surface area contributed by atoms with Gasteiger partial charge in [0.15, 0.2) is 0 Å². The van der Waals surface area contributed by atoms with Crippen LogP contribution in [-0.4, -0.2) is 47.1 Å². The normalized spacial score (nSPS) is 28.9. The van der Waals surface area contributed by atoms with Crippen molar-refractivity contribution < 1.29 is 14.7 Å². The third-order valence-corrected chi connectivity index (χ3v) is 4.95. The van der Waals surface area contributed by atoms with Crippen molar-refractivity contribution in [3.05, 3.63) is 0 Å². The van der Waals surface area contributed by atoms with Crippen molar-refractivity contribution in [3.8, 4) is 0 Å². The number of hydrogen-bond acceptors (Lipinski definition) is 3. The largest absolute Gasteiger partial charge is 0.391 e. The highest BCUT2D eigenvalue weighted by molar-refractivity contribution is 5.89. The van der Waals surface area contributed by atoms with Gasteiger partial charge < -0.3 is 15.3 Å². The molecule has 2 saturated carbocycles. The van der Waals surface area contributed by atoms with Gasteiger partial charge in [-0.2, -0.15) is 0 Å². The van der Waals surface area contributed by atoms with Crippen LogP contribution in [0.3, 0.4) is 0 Å². The Morgan fingerprint density at radius 1 is 1.30 bits per heavy atom. The molecule has 0 bridgehead atoms. The lowest BCUT2D eigenvalue weighted by Gasteiger charge is -2.24. The summed E-state index contributed by atoms with van der Waals surface area (Å²) in [5.41, 5.74) is 0. The smallest absolute Gasteiger partial charge is 0.225 e. The summed E-state index contributed by atoms with van der Waals surface area (Å²) in [5, 5.41) is 12.6. The van der Waals surface area contributed by atoms with Crippen LogP contribution < -0.4 is 5.32 Å². The maximum Gasteiger partial charge on any atom is 0.225 e. The molecular weight excluding hydrogens is 256 g/mol. The molecule has 20 heavy (non-hydrogen) atoms. The molecule has 112 valence electrons. The van der Waals surface area contributed by atoms with Gasteiger partial charge >= 0.3 is 0 Å². The van der Waals surface area contributed by atoms with Crippen molar-refractivity contribution in [2.45, 2.75) is 57.1 Å². The van der Waals surface area contributed by atoms with Gasteiger partial charge in [-0.3, -0.25) is 9.59 Å². The number of hydrogen-bond donors (Lipinski definition) is 2. The molecule has 3 aliphatic rings. The van der Waals surface area contributed by atoms with Crippen molar-refractivity contribution in [1.82, 2.24) is 10.2 Å². The van der Waals surface area contributed by atoms with E-state index in [-0.39, 0.29) is 17.7 Å². The number of aliphatic hydroxyl groups is 1. The van der Waals surface area contributed by atoms with Crippen LogP contribution in [0.2, 0.25) is 0 Å². The molecular formula is C15H24N2O3. The molecule has 1 aliphatic heterocycles. The van der Waals surface area contributed by atoms with E-state index < -0.39 is 6.10 Å². The Bertz CT molecular complexity index is 389. The summed E-state index contributed by atoms with van der Waals surface area (Å²) < 4.78 is 0. The lowest BCUT2D eigenvalue weighted by Crippen LogP contribution is -2.39. The van der Waals surface area contributed by atoms with Crippen molar-refractivity contribution >= 4 is 11.8 Å². The van der Waals surface area contributed by atoms with E-state index >= 15 is 0 Å². The average Bonchev–Trinajstić information content (AvgIpc) is 3.01. The highest BCUT2D eigenvalue weighted by Crippen LogP contribution is 2.32. The Kier molecular flexibility index (Phi) is 3.96. The lowest BCUT2D eigenvalue weighted by molar-refractivity contribution is -0.130. The molecule has 0 spiro atoms. The summed E-state index contributed by atoms with van der Waals surface area (Å²) in [5.74, 6) is 0.198. The molecule has 0 aromatic heterocycles. The van der Waals surface area contributed by atoms with E-state index in [4.69, 9.17) is 0 Å². The second-order valence-corrected chi connectivity index (χ2v) is 6.54. The fourth-order valence-electron chi connectivity index (χ4n) is 3.47. The number of amides is 2. The minimum atomic E-state index is -0.415. The van der Waals surface area contributed by atoms with E-state index in [1.165, 1.54) is 12.8 Å². The Hall–Kier alpha value is -1.10. The number of aliphatic hydroxyl groups excluding tert-OH is 1. The van der Waals surface area contributed by atoms with Crippen LogP contribution in [0.5, 0.6) is 0 Å². The Morgan fingerprint density at radius 2 is 2.00 bits per heavy atom. The molecule has 2 atom stereocenters. The predicted molar refractivity (Wildman–Crippen MR) is 73.8 cm³/mol. The van der Waals surface area contributed by atoms with Crippen molar-refractivity contribution in [2.75, 3.05) is 13.1 Å². The van der Waals surface area contributed by atoms with Crippen LogP contribution in [0.1, 0.15) is 44.9 Å². The highest BCUT2D eigenvalue weighted by atomic mass is 16.3. The fourth-order valence-corrected chi connectivity index (χ4v) is 3.47. The first-order chi connectivity index (χ1) is 9.65. The molecule has 2 aliphatic carbocycles. The fraction of sp³-hybridized carbons (Fsp3) is 0.867. The molecule has 2 N–H and O–H groups in total. The number of rotatable bonds is 5. The molecule has 1 heterocycles. The van der Waals surface area contributed by atoms with Crippen LogP contribution in [0.25, 0.3) is 0 Å². The topological polar surface area (TPSA) is 69.6 Å². The van der Waals surface area contributed by atoms with E-state index in [0.29, 0.717) is 31.5 Å². The van der Waals surface area contributed by atoms with Gasteiger partial charge in [-0.1, -0.05) is 12.8 Å². The molecule has 2 unspecified atom stereocenters. The monoisotopic (exact) mass is 280 g/mol. The molecule has 0 aromatic rings. The molecule has 5 nitrogen and oxygen atoms in total. The van der Waals surface area contributed by atoms with Gasteiger partial charge in [-0.25, -0.2) is 0 Å². The third-order valence-electron chi connectivity index (χ3n) is 4.95. The second kappa shape index (κ2) is 5.72. The maximum absolute atomic E-state index is 12.1. The Labute approximate surface area is 119 Å². The lowest BCUT2D eigenvalue weighted by atomic mass is 10.1. The highest BCUT2D eigenvalue weighted by Gasteiger charge is 2.39. The second-order valence-electron chi connectivity index (χ2n) is 6.54. The number of nitrogens with one attached hydrogen (secondary N) is 1. The summed E-state index contributed by atoms with van der Waals surface area (Å²) in [6.45, 7) is 0.895. The van der Waals surface area contributed by atoms with Crippen LogP contribution in [0, 0.1) is 11.8 Å². The number of carbonyl (C=O) groups is 2. The molecule has 1 saturated heterocycles. The first kappa shape index (κ1) is 13.9. The van der Waals surface area contributed by atoms with Gasteiger partial charge in [0.2, 0.25) is 11.8 Å². The zero-order valence-electron chi connectivity index (χ0n) is 11.9. The SMILES string of the molecule is O=C(NCC(O)C1CC1)C1CC(=O)N(C2CCCC2)C1. The Morgan fingerprint density at radius 3 is 2.65 bits per heavy atom. The first-order valence-electron chi connectivity index (χ1n) is 7.90. The quantitative estimate of drug-likeness (QED) is 0.777. The summed E-state index contributed by atoms with van der Waals surface area (Å²) in [6.07, 6.45) is 6.60. The zero-order valence-corrected chi connectivity index (χ0v) is 11.9. The molecule has 3 rings (SSSR count). The summed E-state index contributed by atoms with van der Waals surface area (Å²) in [4.78, 5) is 26.0. The minimum Gasteiger partial charge on any atom is -0.391 e. The van der Waals surface area contributed by atoms with Crippen molar-refractivity contribution in [1.29, 1.82) is 0 Å². The van der Waals surface area contributed by atoms with Gasteiger partial charge in [0.1, 0.15) is 0 Å². The molecule has 5 heteroatoms.